The molecular weight excluding hydrogens is 430 g/mol. The van der Waals surface area contributed by atoms with Crippen molar-refractivity contribution >= 4 is 16.9 Å². The lowest BCUT2D eigenvalue weighted by Crippen LogP contribution is -2.30. The highest BCUT2D eigenvalue weighted by molar-refractivity contribution is 5.81. The average Bonchev–Trinajstić information content (AvgIpc) is 3.29. The monoisotopic (exact) mass is 465 g/mol. The second-order valence-electron chi connectivity index (χ2n) is 10.3. The number of aromatic nitrogens is 1. The number of oxazole rings is 1. The quantitative estimate of drug-likeness (QED) is 0.250. The largest absolute Gasteiger partial charge is 0.441 e. The molecule has 0 saturated heterocycles. The first-order valence-corrected chi connectivity index (χ1v) is 13.2. The van der Waals surface area contributed by atoms with Crippen LogP contribution in [0.5, 0.6) is 0 Å². The van der Waals surface area contributed by atoms with E-state index in [-0.39, 0.29) is 5.41 Å². The number of rotatable bonds is 9. The summed E-state index contributed by atoms with van der Waals surface area (Å²) in [6.45, 7) is 2.17. The maximum Gasteiger partial charge on any atom is 0.196 e. The Hall–Kier alpha value is -3.20. The molecule has 3 nitrogen and oxygen atoms in total. The van der Waals surface area contributed by atoms with Crippen LogP contribution in [-0.4, -0.2) is 10.8 Å². The maximum atomic E-state index is 13.2. The second-order valence-corrected chi connectivity index (χ2v) is 10.3. The standard InChI is InChI=1S/C32H35NO2/c1-2-24-10-9-11-25(20-24)14-16-28(34)22-32(18-7-4-8-19-32)23-31-33-29-21-27(15-17-30(29)35-31)26-12-5-3-6-13-26/h3,5-6,9-13,15,17,20-21H,2,4,7-8,14,16,18-19,22-23H2,1H3. The Morgan fingerprint density at radius 2 is 1.69 bits per heavy atom. The molecule has 3 heteroatoms. The minimum absolute atomic E-state index is 0.0241. The zero-order valence-corrected chi connectivity index (χ0v) is 20.8. The van der Waals surface area contributed by atoms with E-state index in [1.165, 1.54) is 36.0 Å². The molecule has 0 radical (unpaired) electrons. The molecular formula is C32H35NO2. The Labute approximate surface area is 208 Å². The van der Waals surface area contributed by atoms with E-state index in [9.17, 15) is 4.79 Å². The number of carbonyl (C=O) groups excluding carboxylic acids is 1. The van der Waals surface area contributed by atoms with Gasteiger partial charge in [-0.15, -0.1) is 0 Å². The number of benzene rings is 3. The van der Waals surface area contributed by atoms with Crippen molar-refractivity contribution in [3.05, 3.63) is 89.8 Å². The van der Waals surface area contributed by atoms with E-state index < -0.39 is 0 Å². The van der Waals surface area contributed by atoms with Crippen molar-refractivity contribution < 1.29 is 9.21 Å². The molecule has 180 valence electrons. The Kier molecular flexibility index (Phi) is 7.13. The van der Waals surface area contributed by atoms with E-state index in [2.05, 4.69) is 67.6 Å². The van der Waals surface area contributed by atoms with Gasteiger partial charge in [-0.2, -0.15) is 0 Å². The molecule has 4 aromatic rings. The van der Waals surface area contributed by atoms with Gasteiger partial charge in [-0.05, 0) is 65.5 Å². The molecule has 3 aromatic carbocycles. The van der Waals surface area contributed by atoms with Gasteiger partial charge in [0.1, 0.15) is 11.3 Å². The number of nitrogens with zero attached hydrogens (tertiary/aromatic N) is 1. The van der Waals surface area contributed by atoms with Crippen LogP contribution < -0.4 is 0 Å². The first-order valence-electron chi connectivity index (χ1n) is 13.2. The van der Waals surface area contributed by atoms with Gasteiger partial charge < -0.3 is 4.42 Å². The number of hydrogen-bond donors (Lipinski definition) is 0. The highest BCUT2D eigenvalue weighted by Gasteiger charge is 2.36. The van der Waals surface area contributed by atoms with Crippen LogP contribution in [0.1, 0.15) is 68.9 Å². The van der Waals surface area contributed by atoms with Crippen LogP contribution >= 0.6 is 0 Å². The summed E-state index contributed by atoms with van der Waals surface area (Å²) < 4.78 is 6.20. The van der Waals surface area contributed by atoms with Gasteiger partial charge >= 0.3 is 0 Å². The van der Waals surface area contributed by atoms with Crippen LogP contribution in [0.2, 0.25) is 0 Å². The van der Waals surface area contributed by atoms with Gasteiger partial charge in [-0.3, -0.25) is 4.79 Å². The fourth-order valence-electron chi connectivity index (χ4n) is 5.70. The Morgan fingerprint density at radius 1 is 0.886 bits per heavy atom. The summed E-state index contributed by atoms with van der Waals surface area (Å²) in [5.74, 6) is 1.15. The third-order valence-corrected chi connectivity index (χ3v) is 7.64. The summed E-state index contributed by atoms with van der Waals surface area (Å²) in [7, 11) is 0. The molecule has 0 N–H and O–H groups in total. The molecule has 1 saturated carbocycles. The number of carbonyl (C=O) groups is 1. The molecule has 0 amide bonds. The van der Waals surface area contributed by atoms with E-state index in [0.29, 0.717) is 18.6 Å². The lowest BCUT2D eigenvalue weighted by Gasteiger charge is -2.36. The molecule has 35 heavy (non-hydrogen) atoms. The topological polar surface area (TPSA) is 43.1 Å². The van der Waals surface area contributed by atoms with Crippen molar-refractivity contribution in [2.75, 3.05) is 0 Å². The number of ketones is 1. The SMILES string of the molecule is CCc1cccc(CCC(=O)CC2(Cc3nc4cc(-c5ccccc5)ccc4o3)CCCCC2)c1. The van der Waals surface area contributed by atoms with Crippen molar-refractivity contribution in [2.24, 2.45) is 5.41 Å². The van der Waals surface area contributed by atoms with E-state index in [0.717, 1.165) is 54.7 Å². The van der Waals surface area contributed by atoms with E-state index in [4.69, 9.17) is 9.40 Å². The normalized spacial score (nSPS) is 15.3. The fraction of sp³-hybridized carbons (Fsp3) is 0.375. The average molecular weight is 466 g/mol. The summed E-state index contributed by atoms with van der Waals surface area (Å²) in [5.41, 5.74) is 6.63. The third-order valence-electron chi connectivity index (χ3n) is 7.64. The van der Waals surface area contributed by atoms with Crippen molar-refractivity contribution in [3.63, 3.8) is 0 Å². The number of fused-ring (bicyclic) bond motifs is 1. The second kappa shape index (κ2) is 10.6. The van der Waals surface area contributed by atoms with Crippen molar-refractivity contribution in [1.82, 2.24) is 4.98 Å². The predicted molar refractivity (Wildman–Crippen MR) is 142 cm³/mol. The summed E-state index contributed by atoms with van der Waals surface area (Å²) in [6, 6.07) is 25.3. The van der Waals surface area contributed by atoms with Gasteiger partial charge in [0.25, 0.3) is 0 Å². The number of hydrogen-bond acceptors (Lipinski definition) is 3. The summed E-state index contributed by atoms with van der Waals surface area (Å²) in [4.78, 5) is 18.0. The molecule has 0 bridgehead atoms. The summed E-state index contributed by atoms with van der Waals surface area (Å²) in [6.07, 6.45) is 9.64. The van der Waals surface area contributed by atoms with Crippen LogP contribution in [0, 0.1) is 5.41 Å². The minimum atomic E-state index is -0.0241. The molecule has 0 unspecified atom stereocenters. The van der Waals surface area contributed by atoms with Gasteiger partial charge in [0, 0.05) is 19.3 Å². The molecule has 1 aliphatic carbocycles. The zero-order valence-electron chi connectivity index (χ0n) is 20.8. The van der Waals surface area contributed by atoms with Gasteiger partial charge in [-0.25, -0.2) is 4.98 Å². The molecule has 0 atom stereocenters. The number of Topliss-reactive ketones (excluding diaryl/α,β-unsaturated/α-hetero) is 1. The predicted octanol–water partition coefficient (Wildman–Crippen LogP) is 8.14. The highest BCUT2D eigenvalue weighted by atomic mass is 16.3. The van der Waals surface area contributed by atoms with Gasteiger partial charge in [-0.1, -0.05) is 86.8 Å². The molecule has 1 aromatic heterocycles. The zero-order chi connectivity index (χ0) is 24.1. The van der Waals surface area contributed by atoms with Gasteiger partial charge in [0.15, 0.2) is 11.5 Å². The Bertz CT molecular complexity index is 1280. The van der Waals surface area contributed by atoms with Crippen LogP contribution in [0.4, 0.5) is 0 Å². The highest BCUT2D eigenvalue weighted by Crippen LogP contribution is 2.43. The van der Waals surface area contributed by atoms with E-state index in [1.807, 2.05) is 12.1 Å². The fourth-order valence-corrected chi connectivity index (χ4v) is 5.70. The van der Waals surface area contributed by atoms with Crippen LogP contribution in [0.25, 0.3) is 22.2 Å². The lowest BCUT2D eigenvalue weighted by atomic mass is 9.68. The maximum absolute atomic E-state index is 13.2. The van der Waals surface area contributed by atoms with Crippen molar-refractivity contribution in [2.45, 2.75) is 71.1 Å². The Morgan fingerprint density at radius 3 is 2.49 bits per heavy atom. The number of aryl methyl sites for hydroxylation is 2. The first kappa shape index (κ1) is 23.5. The Balaban J connectivity index is 1.30. The van der Waals surface area contributed by atoms with E-state index >= 15 is 0 Å². The van der Waals surface area contributed by atoms with E-state index in [1.54, 1.807) is 0 Å². The van der Waals surface area contributed by atoms with Crippen molar-refractivity contribution in [3.8, 4) is 11.1 Å². The van der Waals surface area contributed by atoms with Gasteiger partial charge in [0.05, 0.1) is 0 Å². The minimum Gasteiger partial charge on any atom is -0.441 e. The molecule has 1 aliphatic rings. The van der Waals surface area contributed by atoms with Gasteiger partial charge in [0.2, 0.25) is 0 Å². The molecule has 1 heterocycles. The third kappa shape index (κ3) is 5.73. The molecule has 0 aliphatic heterocycles. The lowest BCUT2D eigenvalue weighted by molar-refractivity contribution is -0.122. The van der Waals surface area contributed by atoms with Crippen LogP contribution in [-0.2, 0) is 24.1 Å². The molecule has 5 rings (SSSR count). The van der Waals surface area contributed by atoms with Crippen LogP contribution in [0.15, 0.2) is 77.2 Å². The van der Waals surface area contributed by atoms with Crippen LogP contribution in [0.3, 0.4) is 0 Å². The smallest absolute Gasteiger partial charge is 0.196 e. The molecule has 1 fully saturated rings. The van der Waals surface area contributed by atoms with Crippen molar-refractivity contribution in [1.29, 1.82) is 0 Å². The molecule has 0 spiro atoms. The summed E-state index contributed by atoms with van der Waals surface area (Å²) >= 11 is 0. The summed E-state index contributed by atoms with van der Waals surface area (Å²) in [5, 5.41) is 0. The first-order chi connectivity index (χ1) is 17.1.